The molecule has 1 aromatic carbocycles. The SMILES string of the molecule is O=S(=O)(c1cc(F)ccc1F)N(CCO)CC1CCCN1. The second kappa shape index (κ2) is 6.78. The van der Waals surface area contributed by atoms with E-state index in [4.69, 9.17) is 5.11 Å². The Bertz CT molecular complexity index is 589. The second-order valence-electron chi connectivity index (χ2n) is 4.95. The van der Waals surface area contributed by atoms with Gasteiger partial charge in [0.25, 0.3) is 0 Å². The standard InChI is InChI=1S/C13H18F2N2O3S/c14-10-3-4-12(15)13(8-10)21(19,20)17(6-7-18)9-11-2-1-5-16-11/h3-4,8,11,16,18H,1-2,5-7,9H2. The molecule has 0 aromatic heterocycles. The fraction of sp³-hybridized carbons (Fsp3) is 0.538. The molecule has 8 heteroatoms. The maximum Gasteiger partial charge on any atom is 0.246 e. The van der Waals surface area contributed by atoms with Gasteiger partial charge in [-0.25, -0.2) is 17.2 Å². The average Bonchev–Trinajstić information content (AvgIpc) is 2.94. The van der Waals surface area contributed by atoms with Crippen LogP contribution in [0.4, 0.5) is 8.78 Å². The van der Waals surface area contributed by atoms with Crippen molar-refractivity contribution in [2.24, 2.45) is 0 Å². The number of nitrogens with one attached hydrogen (secondary N) is 1. The van der Waals surface area contributed by atoms with Gasteiger partial charge in [-0.2, -0.15) is 4.31 Å². The smallest absolute Gasteiger partial charge is 0.246 e. The first kappa shape index (κ1) is 16.3. The lowest BCUT2D eigenvalue weighted by atomic mass is 10.2. The summed E-state index contributed by atoms with van der Waals surface area (Å²) in [5, 5.41) is 12.2. The summed E-state index contributed by atoms with van der Waals surface area (Å²) in [5.74, 6) is -1.82. The van der Waals surface area contributed by atoms with Gasteiger partial charge in [0.2, 0.25) is 10.0 Å². The molecule has 0 amide bonds. The quantitative estimate of drug-likeness (QED) is 0.809. The van der Waals surface area contributed by atoms with Gasteiger partial charge in [0.1, 0.15) is 16.5 Å². The Morgan fingerprint density at radius 2 is 2.14 bits per heavy atom. The van der Waals surface area contributed by atoms with Crippen LogP contribution in [0.3, 0.4) is 0 Å². The fourth-order valence-electron chi connectivity index (χ4n) is 2.39. The predicted octanol–water partition coefficient (Wildman–Crippen LogP) is 0.700. The Balaban J connectivity index is 2.29. The van der Waals surface area contributed by atoms with Crippen LogP contribution >= 0.6 is 0 Å². The molecule has 1 aromatic rings. The number of aliphatic hydroxyl groups excluding tert-OH is 1. The van der Waals surface area contributed by atoms with E-state index in [1.54, 1.807) is 0 Å². The summed E-state index contributed by atoms with van der Waals surface area (Å²) in [6.45, 7) is 0.379. The third kappa shape index (κ3) is 3.76. The molecule has 1 atom stereocenters. The minimum absolute atomic E-state index is 0.0389. The lowest BCUT2D eigenvalue weighted by Gasteiger charge is -2.24. The first-order valence-electron chi connectivity index (χ1n) is 6.74. The lowest BCUT2D eigenvalue weighted by molar-refractivity contribution is 0.246. The number of halogens is 2. The number of rotatable bonds is 6. The summed E-state index contributed by atoms with van der Waals surface area (Å²) in [6.07, 6.45) is 1.75. The highest BCUT2D eigenvalue weighted by Gasteiger charge is 2.30. The van der Waals surface area contributed by atoms with Crippen LogP contribution in [0, 0.1) is 11.6 Å². The molecule has 1 saturated heterocycles. The lowest BCUT2D eigenvalue weighted by Crippen LogP contribution is -2.42. The normalized spacial score (nSPS) is 19.3. The molecule has 1 fully saturated rings. The minimum Gasteiger partial charge on any atom is -0.395 e. The van der Waals surface area contributed by atoms with Crippen LogP contribution in [0.5, 0.6) is 0 Å². The summed E-state index contributed by atoms with van der Waals surface area (Å²) in [7, 11) is -4.19. The molecule has 1 unspecified atom stereocenters. The Morgan fingerprint density at radius 3 is 2.76 bits per heavy atom. The highest BCUT2D eigenvalue weighted by molar-refractivity contribution is 7.89. The molecular weight excluding hydrogens is 302 g/mol. The largest absolute Gasteiger partial charge is 0.395 e. The topological polar surface area (TPSA) is 69.6 Å². The van der Waals surface area contributed by atoms with Crippen molar-refractivity contribution in [2.45, 2.75) is 23.8 Å². The van der Waals surface area contributed by atoms with Gasteiger partial charge in [-0.15, -0.1) is 0 Å². The van der Waals surface area contributed by atoms with Crippen LogP contribution in [0.15, 0.2) is 23.1 Å². The van der Waals surface area contributed by atoms with Gasteiger partial charge in [0.15, 0.2) is 0 Å². The maximum atomic E-state index is 13.7. The van der Waals surface area contributed by atoms with Crippen LogP contribution in [0.2, 0.25) is 0 Å². The molecule has 118 valence electrons. The summed E-state index contributed by atoms with van der Waals surface area (Å²) < 4.78 is 52.9. The number of benzene rings is 1. The Hall–Kier alpha value is -1.09. The van der Waals surface area contributed by atoms with Gasteiger partial charge in [0.05, 0.1) is 6.61 Å². The van der Waals surface area contributed by atoms with Crippen LogP contribution < -0.4 is 5.32 Å². The maximum absolute atomic E-state index is 13.7. The first-order chi connectivity index (χ1) is 9.95. The van der Waals surface area contributed by atoms with Crippen LogP contribution in [-0.4, -0.2) is 50.1 Å². The van der Waals surface area contributed by atoms with Crippen molar-refractivity contribution in [3.05, 3.63) is 29.8 Å². The molecule has 5 nitrogen and oxygen atoms in total. The number of aliphatic hydroxyl groups is 1. The van der Waals surface area contributed by atoms with E-state index < -0.39 is 26.6 Å². The molecule has 1 heterocycles. The first-order valence-corrected chi connectivity index (χ1v) is 8.18. The van der Waals surface area contributed by atoms with Crippen molar-refractivity contribution in [1.29, 1.82) is 0 Å². The molecule has 2 N–H and O–H groups in total. The molecule has 0 bridgehead atoms. The van der Waals surface area contributed by atoms with Crippen LogP contribution in [0.25, 0.3) is 0 Å². The molecule has 0 spiro atoms. The molecule has 0 aliphatic carbocycles. The molecule has 21 heavy (non-hydrogen) atoms. The zero-order valence-corrected chi connectivity index (χ0v) is 12.2. The van der Waals surface area contributed by atoms with Gasteiger partial charge in [-0.3, -0.25) is 0 Å². The highest BCUT2D eigenvalue weighted by atomic mass is 32.2. The fourth-order valence-corrected chi connectivity index (χ4v) is 3.95. The van der Waals surface area contributed by atoms with E-state index in [0.717, 1.165) is 35.8 Å². The second-order valence-corrected chi connectivity index (χ2v) is 6.86. The third-order valence-electron chi connectivity index (χ3n) is 3.45. The van der Waals surface area contributed by atoms with E-state index in [0.29, 0.717) is 6.07 Å². The van der Waals surface area contributed by atoms with Crippen LogP contribution in [0.1, 0.15) is 12.8 Å². The van der Waals surface area contributed by atoms with Crippen molar-refractivity contribution in [3.63, 3.8) is 0 Å². The van der Waals surface area contributed by atoms with Crippen molar-refractivity contribution in [3.8, 4) is 0 Å². The Labute approximate surface area is 122 Å². The summed E-state index contributed by atoms with van der Waals surface area (Å²) in [6, 6.07) is 2.27. The monoisotopic (exact) mass is 320 g/mol. The molecule has 1 aliphatic rings. The Kier molecular flexibility index (Phi) is 5.26. The van der Waals surface area contributed by atoms with Gasteiger partial charge < -0.3 is 10.4 Å². The van der Waals surface area contributed by atoms with E-state index in [1.807, 2.05) is 0 Å². The van der Waals surface area contributed by atoms with E-state index in [9.17, 15) is 17.2 Å². The van der Waals surface area contributed by atoms with Crippen molar-refractivity contribution in [1.82, 2.24) is 9.62 Å². The summed E-state index contributed by atoms with van der Waals surface area (Å²) >= 11 is 0. The van der Waals surface area contributed by atoms with E-state index in [2.05, 4.69) is 5.32 Å². The molecule has 1 aliphatic heterocycles. The highest BCUT2D eigenvalue weighted by Crippen LogP contribution is 2.21. The van der Waals surface area contributed by atoms with Gasteiger partial charge >= 0.3 is 0 Å². The van der Waals surface area contributed by atoms with Gasteiger partial charge in [-0.1, -0.05) is 0 Å². The zero-order valence-electron chi connectivity index (χ0n) is 11.4. The van der Waals surface area contributed by atoms with Gasteiger partial charge in [-0.05, 0) is 37.6 Å². The number of hydrogen-bond donors (Lipinski definition) is 2. The number of nitrogens with zero attached hydrogens (tertiary/aromatic N) is 1. The number of hydrogen-bond acceptors (Lipinski definition) is 4. The van der Waals surface area contributed by atoms with Crippen molar-refractivity contribution >= 4 is 10.0 Å². The zero-order chi connectivity index (χ0) is 15.5. The summed E-state index contributed by atoms with van der Waals surface area (Å²) in [4.78, 5) is -0.700. The van der Waals surface area contributed by atoms with E-state index in [-0.39, 0.29) is 25.7 Å². The van der Waals surface area contributed by atoms with Crippen molar-refractivity contribution < 1.29 is 22.3 Å². The third-order valence-corrected chi connectivity index (χ3v) is 5.33. The van der Waals surface area contributed by atoms with Crippen LogP contribution in [-0.2, 0) is 10.0 Å². The molecule has 0 radical (unpaired) electrons. The summed E-state index contributed by atoms with van der Waals surface area (Å²) in [5.41, 5.74) is 0. The minimum atomic E-state index is -4.19. The van der Waals surface area contributed by atoms with Crippen molar-refractivity contribution in [2.75, 3.05) is 26.2 Å². The molecule has 0 saturated carbocycles. The van der Waals surface area contributed by atoms with Gasteiger partial charge in [0, 0.05) is 19.1 Å². The van der Waals surface area contributed by atoms with E-state index >= 15 is 0 Å². The predicted molar refractivity (Wildman–Crippen MR) is 73.2 cm³/mol. The average molecular weight is 320 g/mol. The number of sulfonamides is 1. The Morgan fingerprint density at radius 1 is 1.38 bits per heavy atom. The molecule has 2 rings (SSSR count). The van der Waals surface area contributed by atoms with E-state index in [1.165, 1.54) is 0 Å². The molecular formula is C13H18F2N2O3S.